The quantitative estimate of drug-likeness (QED) is 0.322. The zero-order valence-corrected chi connectivity index (χ0v) is 3.78. The second-order valence-electron chi connectivity index (χ2n) is 0.612. The van der Waals surface area contributed by atoms with Crippen LogP contribution in [0.4, 0.5) is 0 Å². The van der Waals surface area contributed by atoms with Gasteiger partial charge in [0.05, 0.1) is 0 Å². The van der Waals surface area contributed by atoms with Crippen molar-refractivity contribution in [3.63, 3.8) is 0 Å². The molecule has 0 aromatic carbocycles. The van der Waals surface area contributed by atoms with Crippen molar-refractivity contribution in [3.8, 4) is 0 Å². The predicted molar refractivity (Wildman–Crippen MR) is 24.5 cm³/mol. The molecule has 4 heavy (non-hydrogen) atoms. The zero-order chi connectivity index (χ0) is 3.41. The van der Waals surface area contributed by atoms with Gasteiger partial charge in [-0.3, -0.25) is 0 Å². The Morgan fingerprint density at radius 3 is 2.25 bits per heavy atom. The van der Waals surface area contributed by atoms with Crippen LogP contribution in [0.3, 0.4) is 0 Å². The summed E-state index contributed by atoms with van der Waals surface area (Å²) in [6, 6.07) is 0. The molecule has 0 fully saturated rings. The van der Waals surface area contributed by atoms with Crippen molar-refractivity contribution < 1.29 is 0 Å². The molecule has 22 valence electrons. The van der Waals surface area contributed by atoms with Crippen LogP contribution < -0.4 is 0 Å². The number of rotatable bonds is 1. The van der Waals surface area contributed by atoms with Crippen molar-refractivity contribution in [2.24, 2.45) is 0 Å². The van der Waals surface area contributed by atoms with Crippen LogP contribution in [0.1, 0.15) is 6.92 Å². The maximum atomic E-state index is 3.16. The van der Waals surface area contributed by atoms with Crippen molar-refractivity contribution in [3.05, 3.63) is 0 Å². The molecule has 0 unspecified atom stereocenters. The van der Waals surface area contributed by atoms with Gasteiger partial charge in [0.2, 0.25) is 0 Å². The van der Waals surface area contributed by atoms with Gasteiger partial charge in [-0.2, -0.15) is 0 Å². The number of hydrogen-bond donors (Lipinski definition) is 0. The van der Waals surface area contributed by atoms with Crippen molar-refractivity contribution >= 4 is 15.3 Å². The fourth-order valence-electron chi connectivity index (χ4n) is 0. The molecule has 2 heteroatoms. The molecular formula is C2H6BP. The molecule has 0 aromatic rings. The minimum absolute atomic E-state index is 1.11. The Hall–Kier alpha value is 0.365. The van der Waals surface area contributed by atoms with E-state index in [1.807, 2.05) is 6.62 Å². The Morgan fingerprint density at radius 2 is 2.25 bits per heavy atom. The normalized spacial score (nSPS) is 5.25. The van der Waals surface area contributed by atoms with E-state index in [2.05, 4.69) is 15.7 Å². The summed E-state index contributed by atoms with van der Waals surface area (Å²) in [5.74, 6) is 0. The van der Waals surface area contributed by atoms with Crippen LogP contribution in [-0.2, 0) is 0 Å². The SMILES string of the molecule is CCB=P. The predicted octanol–water partition coefficient (Wildman–Crippen LogP) is 1.19. The molecule has 0 aromatic heterocycles. The van der Waals surface area contributed by atoms with Gasteiger partial charge >= 0.3 is 28.6 Å². The van der Waals surface area contributed by atoms with Gasteiger partial charge in [0.15, 0.2) is 0 Å². The van der Waals surface area contributed by atoms with Crippen LogP contribution in [0.15, 0.2) is 0 Å². The summed E-state index contributed by atoms with van der Waals surface area (Å²) in [5, 5.41) is 0. The molecule has 0 heterocycles. The van der Waals surface area contributed by atoms with E-state index >= 15 is 0 Å². The first-order valence-electron chi connectivity index (χ1n) is 1.40. The van der Waals surface area contributed by atoms with Gasteiger partial charge in [0, 0.05) is 0 Å². The summed E-state index contributed by atoms with van der Waals surface area (Å²) in [7, 11) is 3.16. The second-order valence-corrected chi connectivity index (χ2v) is 1.02. The summed E-state index contributed by atoms with van der Waals surface area (Å²) in [4.78, 5) is 0. The Morgan fingerprint density at radius 1 is 2.00 bits per heavy atom. The summed E-state index contributed by atoms with van der Waals surface area (Å²) in [5.41, 5.74) is 0. The third-order valence-corrected chi connectivity index (χ3v) is 0.612. The summed E-state index contributed by atoms with van der Waals surface area (Å²) >= 11 is 0. The fourth-order valence-corrected chi connectivity index (χ4v) is 0. The van der Waals surface area contributed by atoms with Crippen LogP contribution in [0.5, 0.6) is 0 Å². The fraction of sp³-hybridized carbons (Fsp3) is 1.00. The van der Waals surface area contributed by atoms with E-state index in [4.69, 9.17) is 0 Å². The summed E-state index contributed by atoms with van der Waals surface area (Å²) < 4.78 is 0. The second kappa shape index (κ2) is 3.36. The van der Waals surface area contributed by atoms with Gasteiger partial charge in [-0.05, 0) is 0 Å². The molecule has 0 amide bonds. The van der Waals surface area contributed by atoms with Gasteiger partial charge in [0.1, 0.15) is 0 Å². The van der Waals surface area contributed by atoms with Crippen molar-refractivity contribution in [1.29, 1.82) is 0 Å². The summed E-state index contributed by atoms with van der Waals surface area (Å²) in [6.07, 6.45) is 1.11. The van der Waals surface area contributed by atoms with E-state index in [-0.39, 0.29) is 0 Å². The Kier molecular flexibility index (Phi) is 3.67. The topological polar surface area (TPSA) is 0 Å². The molecule has 0 nitrogen and oxygen atoms in total. The van der Waals surface area contributed by atoms with E-state index < -0.39 is 0 Å². The average Bonchev–Trinajstić information content (AvgIpc) is 1.37. The van der Waals surface area contributed by atoms with Crippen LogP contribution in [-0.4, -0.2) is 6.62 Å². The van der Waals surface area contributed by atoms with Crippen molar-refractivity contribution in [2.45, 2.75) is 13.2 Å². The molecule has 0 spiro atoms. The molecule has 0 bridgehead atoms. The molecule has 0 N–H and O–H groups in total. The molecule has 0 saturated carbocycles. The molecule has 0 atom stereocenters. The summed E-state index contributed by atoms with van der Waals surface area (Å²) in [6.45, 7) is 4.01. The third kappa shape index (κ3) is 2.36. The van der Waals surface area contributed by atoms with Gasteiger partial charge in [0.25, 0.3) is 0 Å². The van der Waals surface area contributed by atoms with Gasteiger partial charge in [-0.1, -0.05) is 0 Å². The number of hydrogen-bond acceptors (Lipinski definition) is 0. The van der Waals surface area contributed by atoms with E-state index in [0.29, 0.717) is 0 Å². The van der Waals surface area contributed by atoms with E-state index in [0.717, 1.165) is 6.32 Å². The van der Waals surface area contributed by atoms with Gasteiger partial charge < -0.3 is 0 Å². The van der Waals surface area contributed by atoms with Gasteiger partial charge in [-0.25, -0.2) is 0 Å². The molecular weight excluding hydrogens is 65.8 g/mol. The van der Waals surface area contributed by atoms with Gasteiger partial charge in [-0.15, -0.1) is 0 Å². The van der Waals surface area contributed by atoms with Crippen LogP contribution in [0.25, 0.3) is 0 Å². The van der Waals surface area contributed by atoms with E-state index in [1.54, 1.807) is 0 Å². The van der Waals surface area contributed by atoms with Crippen LogP contribution in [0.2, 0.25) is 6.32 Å². The Labute approximate surface area is 29.6 Å². The Balaban J connectivity index is 2.30. The van der Waals surface area contributed by atoms with E-state index in [1.165, 1.54) is 0 Å². The van der Waals surface area contributed by atoms with E-state index in [9.17, 15) is 0 Å². The van der Waals surface area contributed by atoms with Crippen LogP contribution in [0, 0.1) is 0 Å². The minimum atomic E-state index is 1.11. The standard InChI is InChI=1S/C2H6BP/c1-2-3-4/h4H,2H2,1H3. The van der Waals surface area contributed by atoms with Crippen molar-refractivity contribution in [1.82, 2.24) is 0 Å². The first-order chi connectivity index (χ1) is 1.91. The molecule has 0 radical (unpaired) electrons. The van der Waals surface area contributed by atoms with Crippen molar-refractivity contribution in [2.75, 3.05) is 0 Å². The Bertz CT molecular complexity index is 20.0. The third-order valence-electron chi connectivity index (χ3n) is 0.204. The van der Waals surface area contributed by atoms with Crippen LogP contribution >= 0.6 is 8.73 Å². The average molecular weight is 71.9 g/mol. The molecule has 0 aliphatic carbocycles. The first kappa shape index (κ1) is 4.36. The molecule has 0 rings (SSSR count). The molecule has 0 aliphatic heterocycles. The molecule has 0 aliphatic rings. The zero-order valence-electron chi connectivity index (χ0n) is 2.78. The monoisotopic (exact) mass is 72.0 g/mol. The molecule has 0 saturated heterocycles. The first-order valence-corrected chi connectivity index (χ1v) is 1.98. The maximum absolute atomic E-state index is 3.16.